The van der Waals surface area contributed by atoms with E-state index in [-0.39, 0.29) is 23.7 Å². The molecule has 0 aromatic rings. The van der Waals surface area contributed by atoms with Crippen molar-refractivity contribution in [1.82, 2.24) is 0 Å². The molecule has 0 N–H and O–H groups in total. The maximum absolute atomic E-state index is 12.3. The van der Waals surface area contributed by atoms with Crippen LogP contribution in [0.4, 0.5) is 0 Å². The lowest BCUT2D eigenvalue weighted by atomic mass is 9.64. The van der Waals surface area contributed by atoms with Crippen molar-refractivity contribution in [3.05, 3.63) is 0 Å². The molecule has 2 heteroatoms. The molecule has 4 bridgehead atoms. The van der Waals surface area contributed by atoms with Gasteiger partial charge in [-0.15, -0.1) is 0 Å². The topological polar surface area (TPSA) is 34.1 Å². The van der Waals surface area contributed by atoms with Crippen LogP contribution in [0.1, 0.15) is 51.4 Å². The molecule has 3 fully saturated rings. The van der Waals surface area contributed by atoms with Gasteiger partial charge in [0.25, 0.3) is 0 Å². The lowest BCUT2D eigenvalue weighted by Crippen LogP contribution is -2.40. The Morgan fingerprint density at radius 3 is 1.25 bits per heavy atom. The lowest BCUT2D eigenvalue weighted by molar-refractivity contribution is -0.138. The predicted octanol–water partition coefficient (Wildman–Crippen LogP) is 2.75. The Morgan fingerprint density at radius 2 is 0.938 bits per heavy atom. The Hall–Kier alpha value is -0.660. The molecule has 0 saturated heterocycles. The van der Waals surface area contributed by atoms with Gasteiger partial charge in [0, 0.05) is 23.7 Å². The van der Waals surface area contributed by atoms with Crippen molar-refractivity contribution in [3.8, 4) is 0 Å². The summed E-state index contributed by atoms with van der Waals surface area (Å²) in [6.45, 7) is 0. The number of fused-ring (bicyclic) bond motifs is 4. The number of hydrogen-bond donors (Lipinski definition) is 0. The van der Waals surface area contributed by atoms with E-state index in [1.54, 1.807) is 0 Å². The molecule has 0 spiro atoms. The van der Waals surface area contributed by atoms with Crippen molar-refractivity contribution in [2.24, 2.45) is 23.7 Å². The highest BCUT2D eigenvalue weighted by molar-refractivity contribution is 5.90. The van der Waals surface area contributed by atoms with Crippen LogP contribution < -0.4 is 0 Å². The summed E-state index contributed by atoms with van der Waals surface area (Å²) < 4.78 is 0. The van der Waals surface area contributed by atoms with Gasteiger partial charge < -0.3 is 0 Å². The predicted molar refractivity (Wildman–Crippen MR) is 60.9 cm³/mol. The number of carbonyl (C=O) groups is 2. The number of Topliss-reactive ketones (excluding diaryl/α,β-unsaturated/α-hetero) is 2. The highest BCUT2D eigenvalue weighted by Crippen LogP contribution is 2.42. The van der Waals surface area contributed by atoms with Gasteiger partial charge in [-0.2, -0.15) is 0 Å². The van der Waals surface area contributed by atoms with Gasteiger partial charge in [-0.25, -0.2) is 0 Å². The van der Waals surface area contributed by atoms with Crippen molar-refractivity contribution >= 4 is 11.6 Å². The van der Waals surface area contributed by atoms with E-state index in [1.165, 1.54) is 0 Å². The maximum atomic E-state index is 12.3. The molecule has 2 nitrogen and oxygen atoms in total. The summed E-state index contributed by atoms with van der Waals surface area (Å²) in [7, 11) is 0. The molecule has 0 amide bonds. The van der Waals surface area contributed by atoms with E-state index in [0.29, 0.717) is 11.6 Å². The third-order valence-corrected chi connectivity index (χ3v) is 4.96. The number of hydrogen-bond acceptors (Lipinski definition) is 2. The Kier molecular flexibility index (Phi) is 2.61. The summed E-state index contributed by atoms with van der Waals surface area (Å²) in [6.07, 6.45) is 8.12. The summed E-state index contributed by atoms with van der Waals surface area (Å²) >= 11 is 0. The Balaban J connectivity index is 1.90. The molecule has 3 rings (SSSR count). The zero-order valence-corrected chi connectivity index (χ0v) is 9.78. The summed E-state index contributed by atoms with van der Waals surface area (Å²) in [5.41, 5.74) is 0. The molecule has 3 aliphatic carbocycles. The van der Waals surface area contributed by atoms with Gasteiger partial charge in [0.1, 0.15) is 11.6 Å². The fourth-order valence-corrected chi connectivity index (χ4v) is 4.08. The highest BCUT2D eigenvalue weighted by atomic mass is 16.1. The molecule has 0 aromatic heterocycles. The van der Waals surface area contributed by atoms with E-state index in [9.17, 15) is 9.59 Å². The molecule has 3 aliphatic rings. The number of rotatable bonds is 0. The van der Waals surface area contributed by atoms with Gasteiger partial charge in [0.15, 0.2) is 0 Å². The van der Waals surface area contributed by atoms with Gasteiger partial charge in [-0.05, 0) is 38.5 Å². The molecule has 3 saturated carbocycles. The summed E-state index contributed by atoms with van der Waals surface area (Å²) in [5.74, 6) is 1.92. The average molecular weight is 220 g/mol. The molecular formula is C14H20O2. The third-order valence-electron chi connectivity index (χ3n) is 4.96. The molecule has 0 aromatic carbocycles. The van der Waals surface area contributed by atoms with Gasteiger partial charge in [-0.3, -0.25) is 9.59 Å². The molecule has 4 unspecified atom stereocenters. The second-order valence-electron chi connectivity index (χ2n) is 5.93. The molecule has 0 radical (unpaired) electrons. The first kappa shape index (κ1) is 10.5. The van der Waals surface area contributed by atoms with E-state index < -0.39 is 0 Å². The fourth-order valence-electron chi connectivity index (χ4n) is 4.08. The molecule has 88 valence electrons. The van der Waals surface area contributed by atoms with Crippen molar-refractivity contribution in [2.75, 3.05) is 0 Å². The minimum atomic E-state index is 0.228. The van der Waals surface area contributed by atoms with E-state index in [0.717, 1.165) is 51.4 Å². The highest BCUT2D eigenvalue weighted by Gasteiger charge is 2.42. The van der Waals surface area contributed by atoms with Crippen LogP contribution in [0, 0.1) is 23.7 Å². The van der Waals surface area contributed by atoms with Crippen LogP contribution in [0.15, 0.2) is 0 Å². The number of carbonyl (C=O) groups excluding carboxylic acids is 2. The first-order chi connectivity index (χ1) is 7.75. The third kappa shape index (κ3) is 1.63. The zero-order valence-electron chi connectivity index (χ0n) is 9.78. The fraction of sp³-hybridized carbons (Fsp3) is 0.857. The summed E-state index contributed by atoms with van der Waals surface area (Å²) in [6, 6.07) is 0. The molecule has 0 heterocycles. The molecule has 16 heavy (non-hydrogen) atoms. The van der Waals surface area contributed by atoms with Crippen molar-refractivity contribution in [3.63, 3.8) is 0 Å². The van der Waals surface area contributed by atoms with E-state index in [1.807, 2.05) is 0 Å². The van der Waals surface area contributed by atoms with Gasteiger partial charge in [-0.1, -0.05) is 12.8 Å². The van der Waals surface area contributed by atoms with E-state index >= 15 is 0 Å². The quantitative estimate of drug-likeness (QED) is 0.629. The summed E-state index contributed by atoms with van der Waals surface area (Å²) in [4.78, 5) is 24.6. The largest absolute Gasteiger partial charge is 0.299 e. The SMILES string of the molecule is O=C1C2CCCC(C2)C(=O)C2CCCC1C2. The second-order valence-corrected chi connectivity index (χ2v) is 5.93. The monoisotopic (exact) mass is 220 g/mol. The van der Waals surface area contributed by atoms with Crippen LogP contribution in [-0.2, 0) is 9.59 Å². The average Bonchev–Trinajstić information content (AvgIpc) is 2.36. The minimum absolute atomic E-state index is 0.228. The smallest absolute Gasteiger partial charge is 0.139 e. The van der Waals surface area contributed by atoms with Gasteiger partial charge in [0.05, 0.1) is 0 Å². The van der Waals surface area contributed by atoms with Gasteiger partial charge in [0.2, 0.25) is 0 Å². The van der Waals surface area contributed by atoms with Crippen LogP contribution in [-0.4, -0.2) is 11.6 Å². The first-order valence-electron chi connectivity index (χ1n) is 6.83. The van der Waals surface area contributed by atoms with Crippen molar-refractivity contribution in [2.45, 2.75) is 51.4 Å². The first-order valence-corrected chi connectivity index (χ1v) is 6.83. The Morgan fingerprint density at radius 1 is 0.625 bits per heavy atom. The van der Waals surface area contributed by atoms with Crippen molar-refractivity contribution in [1.29, 1.82) is 0 Å². The van der Waals surface area contributed by atoms with Crippen LogP contribution in [0.5, 0.6) is 0 Å². The maximum Gasteiger partial charge on any atom is 0.139 e. The van der Waals surface area contributed by atoms with Crippen molar-refractivity contribution < 1.29 is 9.59 Å². The van der Waals surface area contributed by atoms with Crippen LogP contribution >= 0.6 is 0 Å². The van der Waals surface area contributed by atoms with Crippen LogP contribution in [0.25, 0.3) is 0 Å². The Bertz CT molecular complexity index is 265. The zero-order chi connectivity index (χ0) is 11.1. The van der Waals surface area contributed by atoms with Crippen LogP contribution in [0.3, 0.4) is 0 Å². The van der Waals surface area contributed by atoms with Gasteiger partial charge >= 0.3 is 0 Å². The van der Waals surface area contributed by atoms with Crippen LogP contribution in [0.2, 0.25) is 0 Å². The minimum Gasteiger partial charge on any atom is -0.299 e. The standard InChI is InChI=1S/C14H20O2/c15-13-9-3-1-4-10(7-9)14(16)12-6-2-5-11(13)8-12/h9-12H,1-8H2. The summed E-state index contributed by atoms with van der Waals surface area (Å²) in [5, 5.41) is 0. The van der Waals surface area contributed by atoms with E-state index in [4.69, 9.17) is 0 Å². The molecular weight excluding hydrogens is 200 g/mol. The normalized spacial score (nSPS) is 43.8. The number of ketones is 2. The molecule has 4 atom stereocenters. The Labute approximate surface area is 96.8 Å². The molecule has 0 aliphatic heterocycles. The second kappa shape index (κ2) is 3.97. The van der Waals surface area contributed by atoms with E-state index in [2.05, 4.69) is 0 Å². The lowest BCUT2D eigenvalue weighted by Gasteiger charge is -2.38.